The van der Waals surface area contributed by atoms with E-state index in [2.05, 4.69) is 22.3 Å². The lowest BCUT2D eigenvalue weighted by atomic mass is 10.3. The first kappa shape index (κ1) is 28.6. The van der Waals surface area contributed by atoms with Gasteiger partial charge in [0.15, 0.2) is 0 Å². The molecule has 0 aliphatic carbocycles. The van der Waals surface area contributed by atoms with Gasteiger partial charge in [-0.1, -0.05) is 19.8 Å². The Balaban J connectivity index is 0.000000346. The molecule has 12 heteroatoms. The summed E-state index contributed by atoms with van der Waals surface area (Å²) < 4.78 is 48.1. The third-order valence-electron chi connectivity index (χ3n) is 4.01. The van der Waals surface area contributed by atoms with Crippen LogP contribution in [-0.4, -0.2) is 35.2 Å². The fourth-order valence-electron chi connectivity index (χ4n) is 2.49. The number of carbonyl (C=O) groups is 2. The molecule has 0 aromatic heterocycles. The van der Waals surface area contributed by atoms with E-state index in [1.54, 1.807) is 12.1 Å². The zero-order valence-corrected chi connectivity index (χ0v) is 21.0. The highest BCUT2D eigenvalue weighted by atomic mass is 35.7. The number of rotatable bonds is 9. The minimum Gasteiger partial charge on any atom is -0.326 e. The Hall–Kier alpha value is -2.47. The molecule has 0 heterocycles. The van der Waals surface area contributed by atoms with Crippen molar-refractivity contribution in [3.05, 3.63) is 48.5 Å². The van der Waals surface area contributed by atoms with E-state index in [0.29, 0.717) is 17.9 Å². The molecule has 0 atom stereocenters. The highest BCUT2D eigenvalue weighted by Crippen LogP contribution is 2.17. The van der Waals surface area contributed by atoms with Crippen LogP contribution in [0.5, 0.6) is 0 Å². The van der Waals surface area contributed by atoms with Gasteiger partial charge in [0.1, 0.15) is 0 Å². The number of amides is 2. The third-order valence-corrected chi connectivity index (χ3v) is 6.86. The van der Waals surface area contributed by atoms with Crippen LogP contribution in [0.3, 0.4) is 0 Å². The summed E-state index contributed by atoms with van der Waals surface area (Å²) in [7, 11) is -2.04. The number of sulfonamides is 1. The van der Waals surface area contributed by atoms with Crippen LogP contribution in [-0.2, 0) is 28.7 Å². The summed E-state index contributed by atoms with van der Waals surface area (Å²) in [5, 5.41) is 5.10. The predicted octanol–water partition coefficient (Wildman–Crippen LogP) is 3.69. The summed E-state index contributed by atoms with van der Waals surface area (Å²) in [4.78, 5) is 21.7. The van der Waals surface area contributed by atoms with Crippen molar-refractivity contribution in [2.24, 2.45) is 0 Å². The molecule has 0 saturated carbocycles. The molecule has 3 N–H and O–H groups in total. The van der Waals surface area contributed by atoms with Crippen molar-refractivity contribution < 1.29 is 26.4 Å². The summed E-state index contributed by atoms with van der Waals surface area (Å²) in [5.74, 6) is -0.403. The molecule has 9 nitrogen and oxygen atoms in total. The summed E-state index contributed by atoms with van der Waals surface area (Å²) in [6.45, 7) is 5.28. The van der Waals surface area contributed by atoms with E-state index in [1.807, 2.05) is 0 Å². The van der Waals surface area contributed by atoms with Crippen LogP contribution in [0.1, 0.15) is 40.0 Å². The standard InChI is InChI=1S/C13H20N2O3S.C8H8ClNO3S/c1-3-4-5-10-14-19(17,18)13-8-6-12(7-9-13)15-11(2)16;1-6(11)10-7-2-4-8(5-3-7)14(9,12)13/h6-9,14H,3-5,10H2,1-2H3,(H,15,16);2-5H,1H3,(H,10,11). The fraction of sp³-hybridized carbons (Fsp3) is 0.333. The van der Waals surface area contributed by atoms with Gasteiger partial charge in [-0.3, -0.25) is 9.59 Å². The number of halogens is 1. The SMILES string of the molecule is CC(=O)Nc1ccc(S(=O)(=O)Cl)cc1.CCCCCNS(=O)(=O)c1ccc(NC(C)=O)cc1. The first-order chi connectivity index (χ1) is 15.3. The first-order valence-corrected chi connectivity index (χ1v) is 13.8. The highest BCUT2D eigenvalue weighted by molar-refractivity contribution is 8.13. The molecule has 33 heavy (non-hydrogen) atoms. The molecular weight excluding hydrogens is 490 g/mol. The van der Waals surface area contributed by atoms with Crippen molar-refractivity contribution in [2.75, 3.05) is 17.2 Å². The number of unbranched alkanes of at least 4 members (excludes halogenated alkanes) is 2. The van der Waals surface area contributed by atoms with Gasteiger partial charge in [-0.15, -0.1) is 0 Å². The van der Waals surface area contributed by atoms with Crippen molar-refractivity contribution in [3.63, 3.8) is 0 Å². The number of hydrogen-bond donors (Lipinski definition) is 3. The number of nitrogens with one attached hydrogen (secondary N) is 3. The molecular formula is C21H28ClN3O6S2. The molecule has 2 rings (SSSR count). The van der Waals surface area contributed by atoms with Crippen molar-refractivity contribution >= 4 is 52.9 Å². The molecule has 0 aliphatic rings. The summed E-state index contributed by atoms with van der Waals surface area (Å²) in [6, 6.07) is 11.7. The fourth-order valence-corrected chi connectivity index (χ4v) is 4.33. The van der Waals surface area contributed by atoms with Gasteiger partial charge in [0, 0.05) is 42.4 Å². The van der Waals surface area contributed by atoms with E-state index in [-0.39, 0.29) is 21.6 Å². The van der Waals surface area contributed by atoms with Gasteiger partial charge < -0.3 is 10.6 Å². The Morgan fingerprint density at radius 3 is 1.55 bits per heavy atom. The van der Waals surface area contributed by atoms with Gasteiger partial charge >= 0.3 is 0 Å². The largest absolute Gasteiger partial charge is 0.326 e. The second-order valence-corrected chi connectivity index (χ2v) is 11.3. The summed E-state index contributed by atoms with van der Waals surface area (Å²) >= 11 is 0. The average molecular weight is 518 g/mol. The maximum atomic E-state index is 11.9. The van der Waals surface area contributed by atoms with Crippen LogP contribution in [0.25, 0.3) is 0 Å². The first-order valence-electron chi connectivity index (χ1n) is 10.0. The van der Waals surface area contributed by atoms with Crippen molar-refractivity contribution in [2.45, 2.75) is 49.8 Å². The molecule has 0 saturated heterocycles. The van der Waals surface area contributed by atoms with Gasteiger partial charge in [-0.25, -0.2) is 21.6 Å². The lowest BCUT2D eigenvalue weighted by Crippen LogP contribution is -2.24. The quantitative estimate of drug-likeness (QED) is 0.342. The second kappa shape index (κ2) is 13.3. The van der Waals surface area contributed by atoms with Gasteiger partial charge in [0.25, 0.3) is 9.05 Å². The van der Waals surface area contributed by atoms with Crippen molar-refractivity contribution in [1.82, 2.24) is 4.72 Å². The Labute approximate surface area is 199 Å². The number of carbonyl (C=O) groups excluding carboxylic acids is 2. The molecule has 0 bridgehead atoms. The Morgan fingerprint density at radius 1 is 0.758 bits per heavy atom. The molecule has 0 radical (unpaired) electrons. The van der Waals surface area contributed by atoms with Gasteiger partial charge in [-0.2, -0.15) is 0 Å². The lowest BCUT2D eigenvalue weighted by Gasteiger charge is -2.07. The molecule has 0 aliphatic heterocycles. The van der Waals surface area contributed by atoms with E-state index < -0.39 is 19.1 Å². The summed E-state index contributed by atoms with van der Waals surface area (Å²) in [5.41, 5.74) is 1.11. The Kier molecular flexibility index (Phi) is 11.5. The molecule has 0 spiro atoms. The molecule has 2 aromatic rings. The zero-order chi connectivity index (χ0) is 25.1. The maximum Gasteiger partial charge on any atom is 0.261 e. The Bertz CT molecular complexity index is 1130. The maximum absolute atomic E-state index is 11.9. The number of benzene rings is 2. The predicted molar refractivity (Wildman–Crippen MR) is 129 cm³/mol. The minimum absolute atomic E-state index is 0.00766. The van der Waals surface area contributed by atoms with Crippen LogP contribution >= 0.6 is 10.7 Å². The second-order valence-electron chi connectivity index (χ2n) is 6.95. The topological polar surface area (TPSA) is 139 Å². The van der Waals surface area contributed by atoms with Crippen molar-refractivity contribution in [1.29, 1.82) is 0 Å². The van der Waals surface area contributed by atoms with Crippen molar-refractivity contribution in [3.8, 4) is 0 Å². The zero-order valence-electron chi connectivity index (χ0n) is 18.6. The molecule has 2 amide bonds. The van der Waals surface area contributed by atoms with Crippen LogP contribution < -0.4 is 15.4 Å². The van der Waals surface area contributed by atoms with Gasteiger partial charge in [0.2, 0.25) is 21.8 Å². The number of anilines is 2. The molecule has 0 fully saturated rings. The van der Waals surface area contributed by atoms with E-state index in [9.17, 15) is 26.4 Å². The van der Waals surface area contributed by atoms with E-state index in [1.165, 1.54) is 50.2 Å². The molecule has 182 valence electrons. The third kappa shape index (κ3) is 11.3. The smallest absolute Gasteiger partial charge is 0.261 e. The van der Waals surface area contributed by atoms with E-state index in [0.717, 1.165) is 19.3 Å². The monoisotopic (exact) mass is 517 g/mol. The van der Waals surface area contributed by atoms with Crippen LogP contribution in [0.4, 0.5) is 11.4 Å². The Morgan fingerprint density at radius 2 is 1.18 bits per heavy atom. The minimum atomic E-state index is -3.69. The lowest BCUT2D eigenvalue weighted by molar-refractivity contribution is -0.115. The summed E-state index contributed by atoms with van der Waals surface area (Å²) in [6.07, 6.45) is 2.89. The molecule has 2 aromatic carbocycles. The normalized spacial score (nSPS) is 11.2. The van der Waals surface area contributed by atoms with E-state index in [4.69, 9.17) is 10.7 Å². The number of hydrogen-bond acceptors (Lipinski definition) is 6. The van der Waals surface area contributed by atoms with Crippen LogP contribution in [0.15, 0.2) is 58.3 Å². The molecule has 0 unspecified atom stereocenters. The average Bonchev–Trinajstić information content (AvgIpc) is 2.71. The highest BCUT2D eigenvalue weighted by Gasteiger charge is 2.13. The van der Waals surface area contributed by atoms with E-state index >= 15 is 0 Å². The van der Waals surface area contributed by atoms with Gasteiger partial charge in [-0.05, 0) is 55.0 Å². The van der Waals surface area contributed by atoms with Crippen LogP contribution in [0.2, 0.25) is 0 Å². The van der Waals surface area contributed by atoms with Crippen LogP contribution in [0, 0.1) is 0 Å². The van der Waals surface area contributed by atoms with Gasteiger partial charge in [0.05, 0.1) is 9.79 Å².